The molecule has 0 aliphatic carbocycles. The summed E-state index contributed by atoms with van der Waals surface area (Å²) in [5.74, 6) is -1.13. The topological polar surface area (TPSA) is 52.6 Å². The molecule has 1 aliphatic rings. The van der Waals surface area contributed by atoms with Crippen molar-refractivity contribution in [1.29, 1.82) is 0 Å². The van der Waals surface area contributed by atoms with Gasteiger partial charge < -0.3 is 9.47 Å². The van der Waals surface area contributed by atoms with Crippen molar-refractivity contribution in [2.75, 3.05) is 0 Å². The largest absolute Gasteiger partial charge is 0.457 e. The number of hydrogen-bond acceptors (Lipinski definition) is 4. The fourth-order valence-electron chi connectivity index (χ4n) is 1.98. The van der Waals surface area contributed by atoms with Crippen molar-refractivity contribution >= 4 is 11.9 Å². The lowest BCUT2D eigenvalue weighted by Gasteiger charge is -2.09. The highest BCUT2D eigenvalue weighted by Gasteiger charge is 2.31. The van der Waals surface area contributed by atoms with Gasteiger partial charge in [-0.1, -0.05) is 0 Å². The summed E-state index contributed by atoms with van der Waals surface area (Å²) in [5, 5.41) is 0. The molecule has 0 bridgehead atoms. The number of rotatable bonds is 2. The van der Waals surface area contributed by atoms with Crippen molar-refractivity contribution in [2.24, 2.45) is 0 Å². The molecule has 1 aliphatic heterocycles. The predicted octanol–water partition coefficient (Wildman–Crippen LogP) is 3.81. The van der Waals surface area contributed by atoms with E-state index in [2.05, 4.69) is 4.74 Å². The van der Waals surface area contributed by atoms with Crippen molar-refractivity contribution in [3.05, 3.63) is 59.2 Å². The van der Waals surface area contributed by atoms with Gasteiger partial charge in [0.25, 0.3) is 0 Å². The van der Waals surface area contributed by atoms with Gasteiger partial charge in [-0.3, -0.25) is 0 Å². The molecule has 0 amide bonds. The van der Waals surface area contributed by atoms with Gasteiger partial charge in [0.15, 0.2) is 0 Å². The normalized spacial score (nSPS) is 13.8. The standard InChI is InChI=1S/C15H7F3O4/c16-15(17,18)8-1-3-9(4-2-8)21-10-5-6-11-12(7-10)14(20)22-13(11)19/h1-7H. The fraction of sp³-hybridized carbons (Fsp3) is 0.0667. The molecule has 0 atom stereocenters. The molecule has 0 unspecified atom stereocenters. The first kappa shape index (κ1) is 14.1. The van der Waals surface area contributed by atoms with Gasteiger partial charge in [0, 0.05) is 0 Å². The SMILES string of the molecule is O=C1OC(=O)c2cc(Oc3ccc(C(F)(F)F)cc3)ccc21. The highest BCUT2D eigenvalue weighted by Crippen LogP contribution is 2.32. The number of esters is 2. The third-order valence-electron chi connectivity index (χ3n) is 3.03. The molecular weight excluding hydrogens is 301 g/mol. The Bertz CT molecular complexity index is 763. The van der Waals surface area contributed by atoms with Crippen LogP contribution in [0, 0.1) is 0 Å². The number of ether oxygens (including phenoxy) is 2. The van der Waals surface area contributed by atoms with Gasteiger partial charge in [-0.15, -0.1) is 0 Å². The van der Waals surface area contributed by atoms with Gasteiger partial charge in [0.05, 0.1) is 16.7 Å². The van der Waals surface area contributed by atoms with Gasteiger partial charge in [0.2, 0.25) is 0 Å². The van der Waals surface area contributed by atoms with E-state index in [0.29, 0.717) is 0 Å². The maximum atomic E-state index is 12.5. The summed E-state index contributed by atoms with van der Waals surface area (Å²) in [6.07, 6.45) is -4.42. The number of fused-ring (bicyclic) bond motifs is 1. The first-order valence-corrected chi connectivity index (χ1v) is 6.10. The Morgan fingerprint density at radius 1 is 0.818 bits per heavy atom. The van der Waals surface area contributed by atoms with Crippen LogP contribution < -0.4 is 4.74 Å². The molecule has 22 heavy (non-hydrogen) atoms. The summed E-state index contributed by atoms with van der Waals surface area (Å²) in [4.78, 5) is 22.7. The molecule has 7 heteroatoms. The van der Waals surface area contributed by atoms with Gasteiger partial charge in [-0.05, 0) is 42.5 Å². The average Bonchev–Trinajstić information content (AvgIpc) is 2.73. The monoisotopic (exact) mass is 308 g/mol. The first-order valence-electron chi connectivity index (χ1n) is 6.10. The lowest BCUT2D eigenvalue weighted by molar-refractivity contribution is -0.137. The number of carbonyl (C=O) groups excluding carboxylic acids is 2. The quantitative estimate of drug-likeness (QED) is 0.625. The minimum absolute atomic E-state index is 0.0643. The van der Waals surface area contributed by atoms with Crippen molar-refractivity contribution in [1.82, 2.24) is 0 Å². The van der Waals surface area contributed by atoms with E-state index in [9.17, 15) is 22.8 Å². The van der Waals surface area contributed by atoms with Crippen LogP contribution in [0.25, 0.3) is 0 Å². The zero-order chi connectivity index (χ0) is 15.9. The molecule has 3 rings (SSSR count). The van der Waals surface area contributed by atoms with Crippen LogP contribution in [0.4, 0.5) is 13.2 Å². The Morgan fingerprint density at radius 2 is 1.41 bits per heavy atom. The van der Waals surface area contributed by atoms with Crippen LogP contribution in [0.1, 0.15) is 26.3 Å². The van der Waals surface area contributed by atoms with E-state index in [1.165, 1.54) is 30.3 Å². The number of cyclic esters (lactones) is 2. The average molecular weight is 308 g/mol. The molecule has 0 saturated carbocycles. The summed E-state index contributed by atoms with van der Waals surface area (Å²) in [7, 11) is 0. The van der Waals surface area contributed by atoms with Crippen LogP contribution >= 0.6 is 0 Å². The number of carbonyl (C=O) groups is 2. The molecule has 4 nitrogen and oxygen atoms in total. The highest BCUT2D eigenvalue weighted by atomic mass is 19.4. The van der Waals surface area contributed by atoms with Crippen LogP contribution in [0.2, 0.25) is 0 Å². The molecule has 2 aromatic rings. The van der Waals surface area contributed by atoms with E-state index >= 15 is 0 Å². The molecule has 0 radical (unpaired) electrons. The number of halogens is 3. The second-order valence-electron chi connectivity index (χ2n) is 4.51. The molecule has 112 valence electrons. The molecule has 0 N–H and O–H groups in total. The van der Waals surface area contributed by atoms with Crippen molar-refractivity contribution < 1.29 is 32.2 Å². The Kier molecular flexibility index (Phi) is 3.13. The first-order chi connectivity index (χ1) is 10.3. The molecular formula is C15H7F3O4. The van der Waals surface area contributed by atoms with E-state index < -0.39 is 23.7 Å². The second-order valence-corrected chi connectivity index (χ2v) is 4.51. The van der Waals surface area contributed by atoms with Crippen LogP contribution in [0.15, 0.2) is 42.5 Å². The predicted molar refractivity (Wildman–Crippen MR) is 67.7 cm³/mol. The Morgan fingerprint density at radius 3 is 2.05 bits per heavy atom. The minimum atomic E-state index is -4.42. The van der Waals surface area contributed by atoms with Gasteiger partial charge in [-0.25, -0.2) is 9.59 Å². The van der Waals surface area contributed by atoms with Crippen molar-refractivity contribution in [3.8, 4) is 11.5 Å². The molecule has 0 aromatic heterocycles. The number of alkyl halides is 3. The smallest absolute Gasteiger partial charge is 0.416 e. The summed E-state index contributed by atoms with van der Waals surface area (Å²) in [6, 6.07) is 8.21. The summed E-state index contributed by atoms with van der Waals surface area (Å²) in [5.41, 5.74) is -0.595. The van der Waals surface area contributed by atoms with E-state index in [1.54, 1.807) is 0 Å². The second kappa shape index (κ2) is 4.87. The third kappa shape index (κ3) is 2.52. The highest BCUT2D eigenvalue weighted by molar-refractivity contribution is 6.14. The van der Waals surface area contributed by atoms with E-state index in [1.807, 2.05) is 0 Å². The van der Waals surface area contributed by atoms with Crippen molar-refractivity contribution in [2.45, 2.75) is 6.18 Å². The van der Waals surface area contributed by atoms with Crippen LogP contribution in [-0.4, -0.2) is 11.9 Å². The Labute approximate surface area is 122 Å². The third-order valence-corrected chi connectivity index (χ3v) is 3.03. The summed E-state index contributed by atoms with van der Waals surface area (Å²) >= 11 is 0. The van der Waals surface area contributed by atoms with Crippen LogP contribution in [0.5, 0.6) is 11.5 Å². The van der Waals surface area contributed by atoms with E-state index in [-0.39, 0.29) is 22.6 Å². The van der Waals surface area contributed by atoms with Gasteiger partial charge in [0.1, 0.15) is 11.5 Å². The fourth-order valence-corrected chi connectivity index (χ4v) is 1.98. The molecule has 0 saturated heterocycles. The maximum absolute atomic E-state index is 12.5. The molecule has 0 fully saturated rings. The summed E-state index contributed by atoms with van der Waals surface area (Å²) in [6.45, 7) is 0. The zero-order valence-corrected chi connectivity index (χ0v) is 10.8. The van der Waals surface area contributed by atoms with E-state index in [0.717, 1.165) is 12.1 Å². The summed E-state index contributed by atoms with van der Waals surface area (Å²) < 4.78 is 47.2. The zero-order valence-electron chi connectivity index (χ0n) is 10.8. The van der Waals surface area contributed by atoms with Crippen LogP contribution in [0.3, 0.4) is 0 Å². The number of hydrogen-bond donors (Lipinski definition) is 0. The number of benzene rings is 2. The molecule has 2 aromatic carbocycles. The van der Waals surface area contributed by atoms with Crippen molar-refractivity contribution in [3.63, 3.8) is 0 Å². The molecule has 0 spiro atoms. The Balaban J connectivity index is 1.84. The van der Waals surface area contributed by atoms with Gasteiger partial charge >= 0.3 is 18.1 Å². The maximum Gasteiger partial charge on any atom is 0.416 e. The van der Waals surface area contributed by atoms with E-state index in [4.69, 9.17) is 4.74 Å². The van der Waals surface area contributed by atoms with Crippen LogP contribution in [-0.2, 0) is 10.9 Å². The lowest BCUT2D eigenvalue weighted by Crippen LogP contribution is -2.04. The lowest BCUT2D eigenvalue weighted by atomic mass is 10.1. The Hall–Kier alpha value is -2.83. The minimum Gasteiger partial charge on any atom is -0.457 e. The molecule has 1 heterocycles. The van der Waals surface area contributed by atoms with Gasteiger partial charge in [-0.2, -0.15) is 13.2 Å².